The highest BCUT2D eigenvalue weighted by Crippen LogP contribution is 2.39. The Labute approximate surface area is 171 Å². The number of carbonyl (C=O) groups is 1. The molecule has 0 saturated carbocycles. The van der Waals surface area contributed by atoms with Gasteiger partial charge in [-0.2, -0.15) is 0 Å². The molecule has 4 rings (SSSR count). The minimum Gasteiger partial charge on any atom is -0.450 e. The molecule has 8 heteroatoms. The molecule has 0 bridgehead atoms. The lowest BCUT2D eigenvalue weighted by molar-refractivity contribution is -0.384. The summed E-state index contributed by atoms with van der Waals surface area (Å²) in [6, 6.07) is 10.5. The highest BCUT2D eigenvalue weighted by molar-refractivity contribution is 5.99. The van der Waals surface area contributed by atoms with Crippen molar-refractivity contribution in [1.82, 2.24) is 4.90 Å². The maximum Gasteiger partial charge on any atom is 0.290 e. The summed E-state index contributed by atoms with van der Waals surface area (Å²) in [6.07, 6.45) is 0.550. The van der Waals surface area contributed by atoms with Crippen LogP contribution in [0.4, 0.5) is 5.69 Å². The Morgan fingerprint density at radius 2 is 2.00 bits per heavy atom. The van der Waals surface area contributed by atoms with Crippen molar-refractivity contribution in [3.63, 3.8) is 0 Å². The molecule has 1 unspecified atom stereocenters. The molecule has 1 aliphatic rings. The van der Waals surface area contributed by atoms with Crippen molar-refractivity contribution in [2.45, 2.75) is 19.4 Å². The molecule has 0 aliphatic carbocycles. The van der Waals surface area contributed by atoms with Gasteiger partial charge in [0.25, 0.3) is 11.6 Å². The summed E-state index contributed by atoms with van der Waals surface area (Å²) in [7, 11) is 1.57. The molecule has 0 N–H and O–H groups in total. The summed E-state index contributed by atoms with van der Waals surface area (Å²) in [5.74, 6) is -0.414. The standard InChI is InChI=1S/C22H20N2O6/c1-13-7-8-17-16(11-13)20(25)18-19(14-5-3-6-15(12-14)24(27)28)23(9-4-10-29-2)22(26)21(18)30-17/h3,5-8,11-12,19H,4,9-10H2,1-2H3. The Hall–Kier alpha value is -3.52. The van der Waals surface area contributed by atoms with Gasteiger partial charge < -0.3 is 14.1 Å². The van der Waals surface area contributed by atoms with E-state index in [0.29, 0.717) is 36.1 Å². The van der Waals surface area contributed by atoms with E-state index in [0.717, 1.165) is 5.56 Å². The first-order valence-electron chi connectivity index (χ1n) is 9.54. The Kier molecular flexibility index (Phi) is 5.09. The Balaban J connectivity index is 1.93. The third kappa shape index (κ3) is 3.25. The number of nitro benzene ring substituents is 1. The normalized spacial score (nSPS) is 15.6. The SMILES string of the molecule is COCCCN1C(=O)c2oc3ccc(C)cc3c(=O)c2C1c1cccc([N+](=O)[O-])c1. The molecule has 2 aromatic carbocycles. The Bertz CT molecular complexity index is 1220. The van der Waals surface area contributed by atoms with E-state index in [9.17, 15) is 19.7 Å². The van der Waals surface area contributed by atoms with Gasteiger partial charge in [0.1, 0.15) is 5.58 Å². The van der Waals surface area contributed by atoms with Crippen LogP contribution in [-0.2, 0) is 4.74 Å². The number of ether oxygens (including phenoxy) is 1. The van der Waals surface area contributed by atoms with E-state index in [-0.39, 0.29) is 22.4 Å². The minimum atomic E-state index is -0.759. The van der Waals surface area contributed by atoms with Crippen molar-refractivity contribution < 1.29 is 18.9 Å². The second-order valence-corrected chi connectivity index (χ2v) is 7.27. The summed E-state index contributed by atoms with van der Waals surface area (Å²) in [6.45, 7) is 2.62. The molecule has 1 aliphatic heterocycles. The van der Waals surface area contributed by atoms with Crippen molar-refractivity contribution in [1.29, 1.82) is 0 Å². The molecule has 1 amide bonds. The second kappa shape index (κ2) is 7.72. The van der Waals surface area contributed by atoms with Crippen LogP contribution in [0, 0.1) is 17.0 Å². The molecule has 154 valence electrons. The molecule has 2 heterocycles. The van der Waals surface area contributed by atoms with Crippen LogP contribution in [0.5, 0.6) is 0 Å². The van der Waals surface area contributed by atoms with Gasteiger partial charge in [-0.3, -0.25) is 19.7 Å². The topological polar surface area (TPSA) is 103 Å². The number of benzene rings is 2. The molecule has 30 heavy (non-hydrogen) atoms. The maximum atomic E-state index is 13.4. The smallest absolute Gasteiger partial charge is 0.290 e. The number of methoxy groups -OCH3 is 1. The molecule has 8 nitrogen and oxygen atoms in total. The van der Waals surface area contributed by atoms with E-state index in [4.69, 9.17) is 9.15 Å². The fraction of sp³-hybridized carbons (Fsp3) is 0.273. The fourth-order valence-corrected chi connectivity index (χ4v) is 3.90. The number of nitrogens with zero attached hydrogens (tertiary/aromatic N) is 2. The highest BCUT2D eigenvalue weighted by Gasteiger charge is 2.42. The maximum absolute atomic E-state index is 13.4. The predicted octanol–water partition coefficient (Wildman–Crippen LogP) is 3.59. The lowest BCUT2D eigenvalue weighted by Gasteiger charge is -2.24. The van der Waals surface area contributed by atoms with Crippen LogP contribution in [0.15, 0.2) is 51.7 Å². The van der Waals surface area contributed by atoms with Gasteiger partial charge in [-0.05, 0) is 31.0 Å². The molecular weight excluding hydrogens is 388 g/mol. The van der Waals surface area contributed by atoms with Crippen LogP contribution >= 0.6 is 0 Å². The van der Waals surface area contributed by atoms with E-state index >= 15 is 0 Å². The number of carbonyl (C=O) groups excluding carboxylic acids is 1. The number of aryl methyl sites for hydroxylation is 1. The summed E-state index contributed by atoms with van der Waals surface area (Å²) in [5, 5.41) is 11.7. The molecule has 1 aromatic heterocycles. The van der Waals surface area contributed by atoms with Gasteiger partial charge in [-0.25, -0.2) is 0 Å². The average Bonchev–Trinajstić information content (AvgIpc) is 3.01. The number of nitro groups is 1. The van der Waals surface area contributed by atoms with Crippen LogP contribution in [0.3, 0.4) is 0 Å². The molecule has 1 atom stereocenters. The average molecular weight is 408 g/mol. The van der Waals surface area contributed by atoms with Crippen LogP contribution in [0.2, 0.25) is 0 Å². The summed E-state index contributed by atoms with van der Waals surface area (Å²) < 4.78 is 11.0. The van der Waals surface area contributed by atoms with E-state index in [1.165, 1.54) is 17.0 Å². The third-order valence-electron chi connectivity index (χ3n) is 5.27. The van der Waals surface area contributed by atoms with Gasteiger partial charge >= 0.3 is 0 Å². The first kappa shape index (κ1) is 19.8. The lowest BCUT2D eigenvalue weighted by atomic mass is 9.97. The Morgan fingerprint density at radius 1 is 1.20 bits per heavy atom. The zero-order chi connectivity index (χ0) is 21.4. The van der Waals surface area contributed by atoms with Crippen molar-refractivity contribution in [2.75, 3.05) is 20.3 Å². The van der Waals surface area contributed by atoms with Crippen molar-refractivity contribution in [3.8, 4) is 0 Å². The van der Waals surface area contributed by atoms with Crippen LogP contribution in [-0.4, -0.2) is 36.0 Å². The first-order chi connectivity index (χ1) is 14.4. The second-order valence-electron chi connectivity index (χ2n) is 7.27. The first-order valence-corrected chi connectivity index (χ1v) is 9.54. The summed E-state index contributed by atoms with van der Waals surface area (Å²) in [5.41, 5.74) is 1.54. The predicted molar refractivity (Wildman–Crippen MR) is 110 cm³/mol. The van der Waals surface area contributed by atoms with E-state index in [1.807, 2.05) is 13.0 Å². The number of hydrogen-bond acceptors (Lipinski definition) is 6. The number of non-ortho nitro benzene ring substituents is 1. The number of hydrogen-bond donors (Lipinski definition) is 0. The van der Waals surface area contributed by atoms with Gasteiger partial charge in [-0.1, -0.05) is 23.8 Å². The van der Waals surface area contributed by atoms with E-state index in [1.54, 1.807) is 31.4 Å². The van der Waals surface area contributed by atoms with Gasteiger partial charge in [0.05, 0.1) is 21.9 Å². The molecular formula is C22H20N2O6. The zero-order valence-electron chi connectivity index (χ0n) is 16.6. The van der Waals surface area contributed by atoms with Gasteiger partial charge in [0, 0.05) is 32.4 Å². The number of amides is 1. The summed E-state index contributed by atoms with van der Waals surface area (Å²) >= 11 is 0. The largest absolute Gasteiger partial charge is 0.450 e. The zero-order valence-corrected chi connectivity index (χ0v) is 16.6. The van der Waals surface area contributed by atoms with Crippen molar-refractivity contribution >= 4 is 22.6 Å². The molecule has 0 spiro atoms. The fourth-order valence-electron chi connectivity index (χ4n) is 3.90. The van der Waals surface area contributed by atoms with Crippen LogP contribution in [0.25, 0.3) is 11.0 Å². The Morgan fingerprint density at radius 3 is 2.73 bits per heavy atom. The highest BCUT2D eigenvalue weighted by atomic mass is 16.6. The van der Waals surface area contributed by atoms with Crippen LogP contribution < -0.4 is 5.43 Å². The lowest BCUT2D eigenvalue weighted by Crippen LogP contribution is -2.31. The quantitative estimate of drug-likeness (QED) is 0.351. The number of fused-ring (bicyclic) bond motifs is 2. The van der Waals surface area contributed by atoms with Crippen molar-refractivity contribution in [3.05, 3.63) is 85.3 Å². The van der Waals surface area contributed by atoms with Gasteiger partial charge in [0.15, 0.2) is 5.43 Å². The van der Waals surface area contributed by atoms with E-state index < -0.39 is 16.9 Å². The molecule has 0 fully saturated rings. The molecule has 3 aromatic rings. The van der Waals surface area contributed by atoms with Gasteiger partial charge in [-0.15, -0.1) is 0 Å². The minimum absolute atomic E-state index is 0.00900. The van der Waals surface area contributed by atoms with Crippen LogP contribution in [0.1, 0.15) is 39.7 Å². The third-order valence-corrected chi connectivity index (χ3v) is 5.27. The van der Waals surface area contributed by atoms with Crippen molar-refractivity contribution in [2.24, 2.45) is 0 Å². The van der Waals surface area contributed by atoms with Gasteiger partial charge in [0.2, 0.25) is 5.76 Å². The molecule has 0 radical (unpaired) electrons. The molecule has 0 saturated heterocycles. The summed E-state index contributed by atoms with van der Waals surface area (Å²) in [4.78, 5) is 38.9. The number of rotatable bonds is 6. The van der Waals surface area contributed by atoms with E-state index in [2.05, 4.69) is 0 Å². The monoisotopic (exact) mass is 408 g/mol.